The Morgan fingerprint density at radius 1 is 0.526 bits per heavy atom. The molecule has 0 atom stereocenters. The molecule has 2 aliphatic carbocycles. The van der Waals surface area contributed by atoms with E-state index in [0.29, 0.717) is 5.82 Å². The summed E-state index contributed by atoms with van der Waals surface area (Å²) in [5, 5.41) is 1.29. The summed E-state index contributed by atoms with van der Waals surface area (Å²) in [4.78, 5) is 10.5. The van der Waals surface area contributed by atoms with Gasteiger partial charge in [-0.05, 0) is 71.5 Å². The molecule has 0 saturated carbocycles. The minimum absolute atomic E-state index is 0.557. The molecule has 2 aromatic heterocycles. The molecule has 1 aliphatic heterocycles. The van der Waals surface area contributed by atoms with Gasteiger partial charge in [-0.15, -0.1) is 0 Å². The molecule has 4 heteroatoms. The lowest BCUT2D eigenvalue weighted by atomic mass is 9.65. The fourth-order valence-corrected chi connectivity index (χ4v) is 9.78. The molecule has 1 spiro atoms. The first-order chi connectivity index (χ1) is 28.3. The molecule has 0 unspecified atom stereocenters. The average molecular weight is 730 g/mol. The molecule has 3 aliphatic rings. The van der Waals surface area contributed by atoms with Crippen LogP contribution in [-0.2, 0) is 11.8 Å². The maximum Gasteiger partial charge on any atom is 0.160 e. The van der Waals surface area contributed by atoms with Crippen molar-refractivity contribution >= 4 is 17.0 Å². The van der Waals surface area contributed by atoms with Crippen LogP contribution in [0.15, 0.2) is 182 Å². The van der Waals surface area contributed by atoms with Gasteiger partial charge in [0.2, 0.25) is 0 Å². The summed E-state index contributed by atoms with van der Waals surface area (Å²) in [6.45, 7) is 0. The van der Waals surface area contributed by atoms with Crippen LogP contribution in [0.3, 0.4) is 0 Å². The third-order valence-corrected chi connectivity index (χ3v) is 12.2. The van der Waals surface area contributed by atoms with Crippen LogP contribution < -0.4 is 4.74 Å². The van der Waals surface area contributed by atoms with Gasteiger partial charge in [0.1, 0.15) is 11.5 Å². The Bertz CT molecular complexity index is 3060. The molecule has 0 radical (unpaired) electrons. The molecule has 268 valence electrons. The van der Waals surface area contributed by atoms with Crippen molar-refractivity contribution in [3.05, 3.63) is 216 Å². The largest absolute Gasteiger partial charge is 0.456 e. The minimum atomic E-state index is -0.557. The summed E-state index contributed by atoms with van der Waals surface area (Å²) >= 11 is 0. The third-order valence-electron chi connectivity index (χ3n) is 12.2. The maximum atomic E-state index is 7.04. The zero-order chi connectivity index (χ0) is 37.5. The van der Waals surface area contributed by atoms with Crippen LogP contribution in [0, 0.1) is 0 Å². The van der Waals surface area contributed by atoms with Gasteiger partial charge in [0, 0.05) is 50.1 Å². The van der Waals surface area contributed by atoms with Crippen LogP contribution in [0.2, 0.25) is 0 Å². The van der Waals surface area contributed by atoms with Gasteiger partial charge in [-0.25, -0.2) is 9.97 Å². The van der Waals surface area contributed by atoms with Gasteiger partial charge < -0.3 is 9.30 Å². The van der Waals surface area contributed by atoms with Gasteiger partial charge >= 0.3 is 0 Å². The maximum absolute atomic E-state index is 7.04. The van der Waals surface area contributed by atoms with Crippen LogP contribution in [0.4, 0.5) is 0 Å². The number of allylic oxidation sites excluding steroid dienone is 1. The number of hydrogen-bond donors (Lipinski definition) is 0. The lowest BCUT2D eigenvalue weighted by molar-refractivity contribution is 0.438. The standard InChI is InChI=1S/C53H35N3O/c1-2-15-35(16-3-1)52-54-46(34-29-31-36(32-30-34)56-48-26-11-6-19-39(48)40-20-7-12-27-49(40)56)33-47(55-52)41-21-14-25-45-51(41)57-50-28-13-10-24-44(50)53(45)42-22-8-4-17-37(42)38-18-5-9-23-43(38)53/h1-11,13-26,28-33H,12,27H2. The zero-order valence-corrected chi connectivity index (χ0v) is 31.1. The first-order valence-electron chi connectivity index (χ1n) is 19.7. The number of benzene rings is 7. The zero-order valence-electron chi connectivity index (χ0n) is 31.1. The monoisotopic (exact) mass is 729 g/mol. The van der Waals surface area contributed by atoms with Gasteiger partial charge in [0.25, 0.3) is 0 Å². The molecule has 0 fully saturated rings. The molecule has 9 aromatic rings. The highest BCUT2D eigenvalue weighted by Crippen LogP contribution is 2.63. The van der Waals surface area contributed by atoms with Crippen LogP contribution in [0.1, 0.15) is 39.9 Å². The molecule has 7 aromatic carbocycles. The van der Waals surface area contributed by atoms with E-state index in [0.717, 1.165) is 69.2 Å². The normalized spacial score (nSPS) is 14.0. The highest BCUT2D eigenvalue weighted by atomic mass is 16.5. The van der Waals surface area contributed by atoms with Crippen molar-refractivity contribution in [2.75, 3.05) is 0 Å². The second-order valence-electron chi connectivity index (χ2n) is 15.2. The van der Waals surface area contributed by atoms with Crippen molar-refractivity contribution in [3.63, 3.8) is 0 Å². The van der Waals surface area contributed by atoms with Crippen LogP contribution >= 0.6 is 0 Å². The Kier molecular flexibility index (Phi) is 6.93. The Morgan fingerprint density at radius 2 is 1.18 bits per heavy atom. The molecule has 3 heterocycles. The lowest BCUT2D eigenvalue weighted by Crippen LogP contribution is -2.32. The summed E-state index contributed by atoms with van der Waals surface area (Å²) < 4.78 is 9.47. The fraction of sp³-hybridized carbons (Fsp3) is 0.0566. The Morgan fingerprint density at radius 3 is 1.98 bits per heavy atom. The molecule has 12 rings (SSSR count). The van der Waals surface area contributed by atoms with E-state index < -0.39 is 5.41 Å². The van der Waals surface area contributed by atoms with E-state index in [1.54, 1.807) is 0 Å². The van der Waals surface area contributed by atoms with Gasteiger partial charge in [0.15, 0.2) is 5.82 Å². The summed E-state index contributed by atoms with van der Waals surface area (Å²) in [5.41, 5.74) is 16.4. The van der Waals surface area contributed by atoms with Crippen LogP contribution in [0.5, 0.6) is 11.5 Å². The molecule has 0 N–H and O–H groups in total. The predicted octanol–water partition coefficient (Wildman–Crippen LogP) is 12.8. The Balaban J connectivity index is 1.05. The van der Waals surface area contributed by atoms with Gasteiger partial charge in [0.05, 0.1) is 22.3 Å². The highest BCUT2D eigenvalue weighted by Gasteiger charge is 2.51. The van der Waals surface area contributed by atoms with E-state index in [9.17, 15) is 0 Å². The number of rotatable bonds is 4. The van der Waals surface area contributed by atoms with E-state index in [1.165, 1.54) is 44.4 Å². The quantitative estimate of drug-likeness (QED) is 0.181. The molecule has 57 heavy (non-hydrogen) atoms. The van der Waals surface area contributed by atoms with Crippen molar-refractivity contribution in [2.24, 2.45) is 0 Å². The number of nitrogens with zero attached hydrogens (tertiary/aromatic N) is 3. The summed E-state index contributed by atoms with van der Waals surface area (Å²) in [6, 6.07) is 62.7. The van der Waals surface area contributed by atoms with E-state index in [-0.39, 0.29) is 0 Å². The first-order valence-corrected chi connectivity index (χ1v) is 19.7. The van der Waals surface area contributed by atoms with Crippen molar-refractivity contribution in [2.45, 2.75) is 18.3 Å². The second-order valence-corrected chi connectivity index (χ2v) is 15.2. The lowest BCUT2D eigenvalue weighted by Gasteiger charge is -2.40. The molecule has 0 bridgehead atoms. The number of aromatic nitrogens is 3. The van der Waals surface area contributed by atoms with Crippen molar-refractivity contribution in [3.8, 4) is 62.2 Å². The average Bonchev–Trinajstić information content (AvgIpc) is 3.78. The third kappa shape index (κ3) is 4.62. The second kappa shape index (κ2) is 12.4. The summed E-state index contributed by atoms with van der Waals surface area (Å²) in [7, 11) is 0. The van der Waals surface area contributed by atoms with E-state index in [2.05, 4.69) is 174 Å². The SMILES string of the molecule is C1=Cc2c(n(-c3ccc(-c4cc(-c5cccc6c5Oc5ccccc5C65c6ccccc6-c6ccccc65)nc(-c5ccccc5)n4)cc3)c3ccccc23)CC1. The van der Waals surface area contributed by atoms with E-state index in [4.69, 9.17) is 14.7 Å². The van der Waals surface area contributed by atoms with Gasteiger partial charge in [-0.2, -0.15) is 0 Å². The topological polar surface area (TPSA) is 39.9 Å². The van der Waals surface area contributed by atoms with Crippen molar-refractivity contribution < 1.29 is 4.74 Å². The molecular formula is C53H35N3O. The van der Waals surface area contributed by atoms with Crippen LogP contribution in [-0.4, -0.2) is 14.5 Å². The van der Waals surface area contributed by atoms with E-state index >= 15 is 0 Å². The molecule has 0 saturated heterocycles. The fourth-order valence-electron chi connectivity index (χ4n) is 9.78. The number of para-hydroxylation sites is 3. The summed E-state index contributed by atoms with van der Waals surface area (Å²) in [5.74, 6) is 2.34. The Hall–Kier alpha value is -7.30. The number of hydrogen-bond acceptors (Lipinski definition) is 3. The predicted molar refractivity (Wildman–Crippen MR) is 230 cm³/mol. The summed E-state index contributed by atoms with van der Waals surface area (Å²) in [6.07, 6.45) is 6.64. The van der Waals surface area contributed by atoms with Gasteiger partial charge in [-0.1, -0.05) is 152 Å². The number of fused-ring (bicyclic) bond motifs is 12. The minimum Gasteiger partial charge on any atom is -0.456 e. The highest BCUT2D eigenvalue weighted by molar-refractivity contribution is 5.94. The van der Waals surface area contributed by atoms with E-state index in [1.807, 2.05) is 18.2 Å². The van der Waals surface area contributed by atoms with Crippen molar-refractivity contribution in [1.29, 1.82) is 0 Å². The van der Waals surface area contributed by atoms with Crippen molar-refractivity contribution in [1.82, 2.24) is 14.5 Å². The Labute approximate surface area is 331 Å². The molecule has 0 amide bonds. The smallest absolute Gasteiger partial charge is 0.160 e. The van der Waals surface area contributed by atoms with Crippen LogP contribution in [0.25, 0.3) is 67.7 Å². The number of ether oxygens (including phenoxy) is 1. The first kappa shape index (κ1) is 32.0. The molecular weight excluding hydrogens is 695 g/mol. The van der Waals surface area contributed by atoms with Gasteiger partial charge in [-0.3, -0.25) is 0 Å². The molecule has 4 nitrogen and oxygen atoms in total.